The first kappa shape index (κ1) is 14.8. The van der Waals surface area contributed by atoms with Crippen molar-refractivity contribution in [3.05, 3.63) is 29.8 Å². The largest absolute Gasteiger partial charge is 0.416 e. The molecule has 100 valence electrons. The van der Waals surface area contributed by atoms with Crippen molar-refractivity contribution in [2.75, 3.05) is 11.9 Å². The van der Waals surface area contributed by atoms with Gasteiger partial charge in [0.15, 0.2) is 5.11 Å². The van der Waals surface area contributed by atoms with Crippen LogP contribution >= 0.6 is 12.2 Å². The third-order valence-corrected chi connectivity index (χ3v) is 2.51. The Morgan fingerprint density at radius 2 is 2.06 bits per heavy atom. The molecular weight excluding hydrogens is 261 g/mol. The van der Waals surface area contributed by atoms with Gasteiger partial charge in [-0.15, -0.1) is 0 Å². The van der Waals surface area contributed by atoms with Gasteiger partial charge in [0, 0.05) is 12.2 Å². The fourth-order valence-electron chi connectivity index (χ4n) is 1.33. The second kappa shape index (κ2) is 6.58. The molecule has 0 saturated heterocycles. The van der Waals surface area contributed by atoms with Gasteiger partial charge in [-0.05, 0) is 36.8 Å². The quantitative estimate of drug-likeness (QED) is 0.646. The van der Waals surface area contributed by atoms with E-state index in [2.05, 4.69) is 10.6 Å². The lowest BCUT2D eigenvalue weighted by atomic mass is 10.2. The molecule has 0 aliphatic carbocycles. The van der Waals surface area contributed by atoms with Gasteiger partial charge in [-0.3, -0.25) is 0 Å². The summed E-state index contributed by atoms with van der Waals surface area (Å²) in [6, 6.07) is 4.95. The first-order valence-electron chi connectivity index (χ1n) is 5.65. The zero-order valence-electron chi connectivity index (χ0n) is 9.97. The molecule has 0 aromatic heterocycles. The average molecular weight is 276 g/mol. The maximum atomic E-state index is 12.5. The van der Waals surface area contributed by atoms with Crippen molar-refractivity contribution in [1.29, 1.82) is 0 Å². The van der Waals surface area contributed by atoms with Gasteiger partial charge in [-0.2, -0.15) is 13.2 Å². The number of anilines is 1. The zero-order chi connectivity index (χ0) is 13.6. The molecular formula is C12H15F3N2S. The number of halogens is 3. The molecule has 0 fully saturated rings. The van der Waals surface area contributed by atoms with Crippen molar-refractivity contribution >= 4 is 23.0 Å². The van der Waals surface area contributed by atoms with Crippen LogP contribution in [0, 0.1) is 0 Å². The van der Waals surface area contributed by atoms with Crippen molar-refractivity contribution in [3.8, 4) is 0 Å². The summed E-state index contributed by atoms with van der Waals surface area (Å²) in [5.41, 5.74) is -0.359. The number of hydrogen-bond donors (Lipinski definition) is 2. The molecule has 6 heteroatoms. The first-order valence-corrected chi connectivity index (χ1v) is 6.06. The predicted octanol–water partition coefficient (Wildman–Crippen LogP) is 3.79. The number of nitrogens with one attached hydrogen (secondary N) is 2. The highest BCUT2D eigenvalue weighted by Gasteiger charge is 2.30. The highest BCUT2D eigenvalue weighted by Crippen LogP contribution is 2.30. The lowest BCUT2D eigenvalue weighted by Crippen LogP contribution is -2.29. The summed E-state index contributed by atoms with van der Waals surface area (Å²) >= 11 is 4.98. The van der Waals surface area contributed by atoms with Crippen LogP contribution in [0.2, 0.25) is 0 Å². The van der Waals surface area contributed by atoms with Crippen molar-refractivity contribution < 1.29 is 13.2 Å². The Morgan fingerprint density at radius 1 is 1.33 bits per heavy atom. The average Bonchev–Trinajstić information content (AvgIpc) is 2.28. The van der Waals surface area contributed by atoms with Crippen molar-refractivity contribution in [2.45, 2.75) is 25.9 Å². The minimum Gasteiger partial charge on any atom is -0.362 e. The van der Waals surface area contributed by atoms with Crippen LogP contribution in [0.5, 0.6) is 0 Å². The minimum absolute atomic E-state index is 0.332. The van der Waals surface area contributed by atoms with E-state index in [1.165, 1.54) is 6.07 Å². The van der Waals surface area contributed by atoms with Gasteiger partial charge in [0.25, 0.3) is 0 Å². The number of unbranched alkanes of at least 4 members (excludes halogenated alkanes) is 1. The molecule has 0 bridgehead atoms. The summed E-state index contributed by atoms with van der Waals surface area (Å²) in [7, 11) is 0. The van der Waals surface area contributed by atoms with Gasteiger partial charge in [0.2, 0.25) is 0 Å². The summed E-state index contributed by atoms with van der Waals surface area (Å²) in [5, 5.41) is 6.00. The van der Waals surface area contributed by atoms with Crippen molar-refractivity contribution in [3.63, 3.8) is 0 Å². The molecule has 0 aliphatic heterocycles. The number of benzene rings is 1. The van der Waals surface area contributed by atoms with Gasteiger partial charge in [-0.1, -0.05) is 19.4 Å². The van der Waals surface area contributed by atoms with Crippen LogP contribution < -0.4 is 10.6 Å². The van der Waals surface area contributed by atoms with E-state index in [1.54, 1.807) is 6.07 Å². The molecule has 0 heterocycles. The zero-order valence-corrected chi connectivity index (χ0v) is 10.8. The van der Waals surface area contributed by atoms with Gasteiger partial charge in [0.05, 0.1) is 5.56 Å². The number of hydrogen-bond acceptors (Lipinski definition) is 1. The second-order valence-electron chi connectivity index (χ2n) is 3.81. The van der Waals surface area contributed by atoms with E-state index in [4.69, 9.17) is 12.2 Å². The van der Waals surface area contributed by atoms with Crippen LogP contribution in [0.4, 0.5) is 18.9 Å². The number of thiocarbonyl (C=S) groups is 1. The van der Waals surface area contributed by atoms with E-state index < -0.39 is 11.7 Å². The fourth-order valence-corrected chi connectivity index (χ4v) is 1.55. The summed E-state index contributed by atoms with van der Waals surface area (Å²) in [6.45, 7) is 2.76. The van der Waals surface area contributed by atoms with Crippen molar-refractivity contribution in [2.24, 2.45) is 0 Å². The molecule has 2 nitrogen and oxygen atoms in total. The second-order valence-corrected chi connectivity index (χ2v) is 4.22. The molecule has 1 aromatic rings. The summed E-state index contributed by atoms with van der Waals surface area (Å²) in [5.74, 6) is 0. The van der Waals surface area contributed by atoms with Crippen LogP contribution in [-0.2, 0) is 6.18 Å². The molecule has 2 N–H and O–H groups in total. The van der Waals surface area contributed by atoms with E-state index in [0.29, 0.717) is 17.3 Å². The van der Waals surface area contributed by atoms with E-state index >= 15 is 0 Å². The summed E-state index contributed by atoms with van der Waals surface area (Å²) in [4.78, 5) is 0. The molecule has 0 amide bonds. The number of rotatable bonds is 4. The molecule has 0 aliphatic rings. The molecule has 0 radical (unpaired) electrons. The van der Waals surface area contributed by atoms with Gasteiger partial charge < -0.3 is 10.6 Å². The molecule has 0 spiro atoms. The molecule has 1 aromatic carbocycles. The van der Waals surface area contributed by atoms with Gasteiger partial charge >= 0.3 is 6.18 Å². The molecule has 0 saturated carbocycles. The van der Waals surface area contributed by atoms with Crippen LogP contribution in [0.1, 0.15) is 25.3 Å². The van der Waals surface area contributed by atoms with Crippen LogP contribution in [0.15, 0.2) is 24.3 Å². The predicted molar refractivity (Wildman–Crippen MR) is 70.6 cm³/mol. The van der Waals surface area contributed by atoms with Gasteiger partial charge in [0.1, 0.15) is 0 Å². The summed E-state index contributed by atoms with van der Waals surface area (Å²) in [6.07, 6.45) is -2.35. The van der Waals surface area contributed by atoms with E-state index in [0.717, 1.165) is 25.0 Å². The Balaban J connectivity index is 2.60. The highest BCUT2D eigenvalue weighted by molar-refractivity contribution is 7.80. The Bertz CT molecular complexity index is 405. The molecule has 0 unspecified atom stereocenters. The Kier molecular flexibility index (Phi) is 5.40. The monoisotopic (exact) mass is 276 g/mol. The molecule has 0 atom stereocenters. The lowest BCUT2D eigenvalue weighted by molar-refractivity contribution is -0.137. The minimum atomic E-state index is -4.34. The molecule has 18 heavy (non-hydrogen) atoms. The van der Waals surface area contributed by atoms with Crippen molar-refractivity contribution in [1.82, 2.24) is 5.32 Å². The maximum Gasteiger partial charge on any atom is 0.416 e. The van der Waals surface area contributed by atoms with E-state index in [9.17, 15) is 13.2 Å². The smallest absolute Gasteiger partial charge is 0.362 e. The Labute approximate surface area is 110 Å². The lowest BCUT2D eigenvalue weighted by Gasteiger charge is -2.12. The van der Waals surface area contributed by atoms with Crippen LogP contribution in [-0.4, -0.2) is 11.7 Å². The van der Waals surface area contributed by atoms with E-state index in [1.807, 2.05) is 6.92 Å². The third kappa shape index (κ3) is 4.91. The third-order valence-electron chi connectivity index (χ3n) is 2.26. The van der Waals surface area contributed by atoms with Gasteiger partial charge in [-0.25, -0.2) is 0 Å². The highest BCUT2D eigenvalue weighted by atomic mass is 32.1. The Morgan fingerprint density at radius 3 is 2.67 bits per heavy atom. The SMILES string of the molecule is CCCCNC(=S)Nc1cccc(C(F)(F)F)c1. The topological polar surface area (TPSA) is 24.1 Å². The maximum absolute atomic E-state index is 12.5. The normalized spacial score (nSPS) is 11.1. The molecule has 1 rings (SSSR count). The first-order chi connectivity index (χ1) is 8.43. The Hall–Kier alpha value is -1.30. The summed E-state index contributed by atoms with van der Waals surface area (Å²) < 4.78 is 37.4. The fraction of sp³-hybridized carbons (Fsp3) is 0.417. The van der Waals surface area contributed by atoms with Crippen LogP contribution in [0.25, 0.3) is 0 Å². The number of alkyl halides is 3. The van der Waals surface area contributed by atoms with E-state index in [-0.39, 0.29) is 0 Å². The standard InChI is InChI=1S/C12H15F3N2S/c1-2-3-7-16-11(18)17-10-6-4-5-9(8-10)12(13,14)15/h4-6,8H,2-3,7H2,1H3,(H2,16,17,18). The van der Waals surface area contributed by atoms with Crippen LogP contribution in [0.3, 0.4) is 0 Å².